The van der Waals surface area contributed by atoms with Gasteiger partial charge < -0.3 is 9.47 Å². The average molecular weight is 338 g/mol. The van der Waals surface area contributed by atoms with Crippen LogP contribution in [-0.2, 0) is 11.3 Å². The quantitative estimate of drug-likeness (QED) is 0.807. The minimum absolute atomic E-state index is 0.142. The van der Waals surface area contributed by atoms with E-state index in [1.165, 1.54) is 0 Å². The predicted molar refractivity (Wildman–Crippen MR) is 87.3 cm³/mol. The average Bonchev–Trinajstić information content (AvgIpc) is 2.81. The summed E-state index contributed by atoms with van der Waals surface area (Å²) in [6, 6.07) is 8.08. The molecule has 2 unspecified atom stereocenters. The van der Waals surface area contributed by atoms with Gasteiger partial charge in [-0.1, -0.05) is 12.1 Å². The number of imidazole rings is 1. The monoisotopic (exact) mass is 337 g/mol. The lowest BCUT2D eigenvalue weighted by Gasteiger charge is -2.14. The van der Waals surface area contributed by atoms with E-state index in [4.69, 9.17) is 28.2 Å². The molecule has 1 amide bonds. The second kappa shape index (κ2) is 4.87. The molecule has 0 spiro atoms. The first-order chi connectivity index (χ1) is 10.5. The van der Waals surface area contributed by atoms with Crippen LogP contribution in [0.5, 0.6) is 0 Å². The van der Waals surface area contributed by atoms with Crippen molar-refractivity contribution < 1.29 is 4.79 Å². The van der Waals surface area contributed by atoms with Gasteiger partial charge in [0.15, 0.2) is 0 Å². The molecule has 1 saturated carbocycles. The van der Waals surface area contributed by atoms with E-state index < -0.39 is 4.33 Å². The molecular weight excluding hydrogens is 321 g/mol. The molecule has 0 radical (unpaired) electrons. The number of hydrogen-bond acceptors (Lipinski definition) is 2. The molecule has 1 saturated heterocycles. The molecule has 1 aliphatic carbocycles. The van der Waals surface area contributed by atoms with Crippen molar-refractivity contribution >= 4 is 40.1 Å². The largest absolute Gasteiger partial charge is 0.345 e. The molecule has 4 rings (SSSR count). The van der Waals surface area contributed by atoms with E-state index in [9.17, 15) is 4.79 Å². The van der Waals surface area contributed by atoms with Crippen molar-refractivity contribution in [1.82, 2.24) is 14.5 Å². The number of halogens is 2. The van der Waals surface area contributed by atoms with Crippen LogP contribution in [-0.4, -0.2) is 38.3 Å². The molecule has 6 heteroatoms. The molecule has 4 nitrogen and oxygen atoms in total. The van der Waals surface area contributed by atoms with Gasteiger partial charge in [-0.3, -0.25) is 4.79 Å². The highest BCUT2D eigenvalue weighted by molar-refractivity contribution is 6.50. The van der Waals surface area contributed by atoms with E-state index in [1.54, 1.807) is 4.90 Å². The van der Waals surface area contributed by atoms with Crippen LogP contribution < -0.4 is 0 Å². The number of benzene rings is 1. The molecule has 2 aliphatic rings. The minimum atomic E-state index is -0.606. The molecule has 2 atom stereocenters. The third kappa shape index (κ3) is 2.29. The molecule has 116 valence electrons. The maximum absolute atomic E-state index is 11.9. The second-order valence-corrected chi connectivity index (χ2v) is 7.95. The first-order valence-electron chi connectivity index (χ1n) is 7.52. The molecule has 1 aromatic heterocycles. The molecule has 1 aliphatic heterocycles. The highest BCUT2D eigenvalue weighted by Crippen LogP contribution is 2.54. The van der Waals surface area contributed by atoms with Crippen LogP contribution in [0.2, 0.25) is 0 Å². The summed E-state index contributed by atoms with van der Waals surface area (Å²) < 4.78 is 1.61. The lowest BCUT2D eigenvalue weighted by Crippen LogP contribution is -2.19. The van der Waals surface area contributed by atoms with Gasteiger partial charge in [-0.15, -0.1) is 23.2 Å². The Morgan fingerprint density at radius 3 is 2.73 bits per heavy atom. The van der Waals surface area contributed by atoms with E-state index >= 15 is 0 Å². The second-order valence-electron chi connectivity index (χ2n) is 6.41. The number of carbonyl (C=O) groups is 1. The van der Waals surface area contributed by atoms with Crippen LogP contribution >= 0.6 is 23.2 Å². The number of hydrogen-bond donors (Lipinski definition) is 0. The highest BCUT2D eigenvalue weighted by atomic mass is 35.5. The van der Waals surface area contributed by atoms with Gasteiger partial charge in [-0.2, -0.15) is 0 Å². The number of rotatable bonds is 3. The maximum Gasteiger partial charge on any atom is 0.223 e. The van der Waals surface area contributed by atoms with Crippen LogP contribution in [0.15, 0.2) is 24.3 Å². The molecular formula is C16H17Cl2N3O. The Balaban J connectivity index is 1.75. The zero-order valence-corrected chi connectivity index (χ0v) is 13.8. The summed E-state index contributed by atoms with van der Waals surface area (Å²) in [7, 11) is 1.85. The summed E-state index contributed by atoms with van der Waals surface area (Å²) in [5, 5.41) is 0. The number of fused-ring (bicyclic) bond motifs is 1. The Morgan fingerprint density at radius 1 is 1.36 bits per heavy atom. The van der Waals surface area contributed by atoms with Crippen LogP contribution in [0.4, 0.5) is 0 Å². The first-order valence-corrected chi connectivity index (χ1v) is 8.28. The van der Waals surface area contributed by atoms with E-state index in [-0.39, 0.29) is 17.7 Å². The van der Waals surface area contributed by atoms with Crippen LogP contribution in [0.1, 0.15) is 24.6 Å². The van der Waals surface area contributed by atoms with Crippen LogP contribution in [0, 0.1) is 5.92 Å². The van der Waals surface area contributed by atoms with Crippen molar-refractivity contribution in [3.8, 4) is 0 Å². The third-order valence-electron chi connectivity index (χ3n) is 4.75. The fourth-order valence-electron chi connectivity index (χ4n) is 3.32. The highest BCUT2D eigenvalue weighted by Gasteiger charge is 2.52. The number of para-hydroxylation sites is 2. The van der Waals surface area contributed by atoms with Crippen LogP contribution in [0.3, 0.4) is 0 Å². The SMILES string of the molecule is CN1CC(c2nc3ccccc3n2CC2CC2(Cl)Cl)CC1=O. The van der Waals surface area contributed by atoms with Crippen LogP contribution in [0.25, 0.3) is 11.0 Å². The number of amides is 1. The van der Waals surface area contributed by atoms with Gasteiger partial charge in [0.25, 0.3) is 0 Å². The number of aromatic nitrogens is 2. The van der Waals surface area contributed by atoms with Crippen molar-refractivity contribution in [1.29, 1.82) is 0 Å². The zero-order chi connectivity index (χ0) is 15.5. The van der Waals surface area contributed by atoms with Gasteiger partial charge in [0.1, 0.15) is 10.2 Å². The van der Waals surface area contributed by atoms with Gasteiger partial charge in [-0.25, -0.2) is 4.98 Å². The summed E-state index contributed by atoms with van der Waals surface area (Å²) in [6.07, 6.45) is 1.34. The first kappa shape index (κ1) is 14.3. The summed E-state index contributed by atoms with van der Waals surface area (Å²) >= 11 is 12.4. The minimum Gasteiger partial charge on any atom is -0.345 e. The van der Waals surface area contributed by atoms with E-state index in [2.05, 4.69) is 10.6 Å². The van der Waals surface area contributed by atoms with Crippen molar-refractivity contribution in [2.45, 2.75) is 29.6 Å². The molecule has 0 bridgehead atoms. The number of carbonyl (C=O) groups excluding carboxylic acids is 1. The Bertz CT molecular complexity index is 755. The molecule has 2 heterocycles. The number of nitrogens with zero attached hydrogens (tertiary/aromatic N) is 3. The number of likely N-dealkylation sites (tertiary alicyclic amines) is 1. The Kier molecular flexibility index (Phi) is 3.17. The van der Waals surface area contributed by atoms with Crippen molar-refractivity contribution in [3.63, 3.8) is 0 Å². The van der Waals surface area contributed by atoms with E-state index in [1.807, 2.05) is 25.2 Å². The van der Waals surface area contributed by atoms with Gasteiger partial charge >= 0.3 is 0 Å². The van der Waals surface area contributed by atoms with Gasteiger partial charge in [0.05, 0.1) is 11.0 Å². The summed E-state index contributed by atoms with van der Waals surface area (Å²) in [5.74, 6) is 1.56. The summed E-state index contributed by atoms with van der Waals surface area (Å²) in [4.78, 5) is 18.4. The lowest BCUT2D eigenvalue weighted by atomic mass is 10.1. The standard InChI is InChI=1S/C16H17Cl2N3O/c1-20-8-10(6-14(20)22)15-19-12-4-2-3-5-13(12)21(15)9-11-7-16(11,17)18/h2-5,10-11H,6-9H2,1H3. The predicted octanol–water partition coefficient (Wildman–Crippen LogP) is 3.18. The number of alkyl halides is 2. The third-order valence-corrected chi connectivity index (χ3v) is 5.67. The van der Waals surface area contributed by atoms with Crippen molar-refractivity contribution in [2.24, 2.45) is 5.92 Å². The Hall–Kier alpha value is -1.26. The fourth-order valence-corrected chi connectivity index (χ4v) is 3.83. The summed E-state index contributed by atoms with van der Waals surface area (Å²) in [5.41, 5.74) is 2.06. The normalized spacial score (nSPS) is 26.9. The number of likely N-dealkylation sites (N-methyl/N-ethyl adjacent to an activating group) is 1. The van der Waals surface area contributed by atoms with Gasteiger partial charge in [0.2, 0.25) is 5.91 Å². The zero-order valence-electron chi connectivity index (χ0n) is 12.3. The molecule has 0 N–H and O–H groups in total. The smallest absolute Gasteiger partial charge is 0.223 e. The Labute approximate surface area is 139 Å². The molecule has 2 aromatic rings. The van der Waals surface area contributed by atoms with Gasteiger partial charge in [0, 0.05) is 38.4 Å². The molecule has 22 heavy (non-hydrogen) atoms. The maximum atomic E-state index is 11.9. The van der Waals surface area contributed by atoms with Crippen molar-refractivity contribution in [3.05, 3.63) is 30.1 Å². The van der Waals surface area contributed by atoms with E-state index in [0.29, 0.717) is 6.42 Å². The molecule has 1 aromatic carbocycles. The molecule has 2 fully saturated rings. The fraction of sp³-hybridized carbons (Fsp3) is 0.500. The van der Waals surface area contributed by atoms with Gasteiger partial charge in [-0.05, 0) is 18.6 Å². The Morgan fingerprint density at radius 2 is 2.09 bits per heavy atom. The topological polar surface area (TPSA) is 38.1 Å². The van der Waals surface area contributed by atoms with E-state index in [0.717, 1.165) is 36.4 Å². The lowest BCUT2D eigenvalue weighted by molar-refractivity contribution is -0.126. The summed E-state index contributed by atoms with van der Waals surface area (Å²) in [6.45, 7) is 1.48. The van der Waals surface area contributed by atoms with Crippen molar-refractivity contribution in [2.75, 3.05) is 13.6 Å².